The molecule has 0 aliphatic rings. The number of fused-ring (bicyclic) bond motifs is 1. The lowest BCUT2D eigenvalue weighted by molar-refractivity contribution is 0.852. The molecule has 0 N–H and O–H groups in total. The molecule has 0 saturated heterocycles. The van der Waals surface area contributed by atoms with E-state index in [4.69, 9.17) is 11.6 Å². The number of rotatable bonds is 2. The van der Waals surface area contributed by atoms with E-state index in [0.29, 0.717) is 0 Å². The van der Waals surface area contributed by atoms with Crippen LogP contribution in [0, 0.1) is 0 Å². The molecule has 16 heavy (non-hydrogen) atoms. The van der Waals surface area contributed by atoms with E-state index in [1.807, 2.05) is 12.1 Å². The van der Waals surface area contributed by atoms with E-state index in [1.165, 1.54) is 15.8 Å². The van der Waals surface area contributed by atoms with Crippen LogP contribution in [0.15, 0.2) is 48.0 Å². The molecular weight excluding hydrogens is 238 g/mol. The van der Waals surface area contributed by atoms with Crippen molar-refractivity contribution in [1.29, 1.82) is 0 Å². The minimum absolute atomic E-state index is 0.793. The SMILES string of the molecule is Clc1ccc2c(ccn2Cc2cccs2)c1. The van der Waals surface area contributed by atoms with Gasteiger partial charge in [-0.3, -0.25) is 0 Å². The standard InChI is InChI=1S/C13H10ClNS/c14-11-3-4-13-10(8-11)5-6-15(13)9-12-2-1-7-16-12/h1-8H,9H2. The maximum atomic E-state index is 5.96. The molecule has 1 nitrogen and oxygen atoms in total. The highest BCUT2D eigenvalue weighted by Gasteiger charge is 2.02. The average Bonchev–Trinajstić information content (AvgIpc) is 2.89. The lowest BCUT2D eigenvalue weighted by Crippen LogP contribution is -1.94. The van der Waals surface area contributed by atoms with Gasteiger partial charge in [0.1, 0.15) is 0 Å². The summed E-state index contributed by atoms with van der Waals surface area (Å²) in [5.41, 5.74) is 1.23. The van der Waals surface area contributed by atoms with Crippen LogP contribution in [0.5, 0.6) is 0 Å². The molecule has 0 fully saturated rings. The number of nitrogens with zero attached hydrogens (tertiary/aromatic N) is 1. The van der Waals surface area contributed by atoms with Crippen molar-refractivity contribution in [3.05, 3.63) is 57.9 Å². The van der Waals surface area contributed by atoms with Crippen molar-refractivity contribution in [2.75, 3.05) is 0 Å². The zero-order valence-electron chi connectivity index (χ0n) is 8.56. The minimum atomic E-state index is 0.793. The Kier molecular flexibility index (Phi) is 2.46. The molecule has 3 rings (SSSR count). The van der Waals surface area contributed by atoms with E-state index < -0.39 is 0 Å². The van der Waals surface area contributed by atoms with Crippen molar-refractivity contribution in [3.63, 3.8) is 0 Å². The molecule has 1 aromatic carbocycles. The Morgan fingerprint density at radius 3 is 2.94 bits per heavy atom. The van der Waals surface area contributed by atoms with Gasteiger partial charge in [-0.2, -0.15) is 0 Å². The third-order valence-electron chi connectivity index (χ3n) is 2.64. The molecule has 2 heterocycles. The Hall–Kier alpha value is -1.25. The summed E-state index contributed by atoms with van der Waals surface area (Å²) in [7, 11) is 0. The Balaban J connectivity index is 2.04. The monoisotopic (exact) mass is 247 g/mol. The summed E-state index contributed by atoms with van der Waals surface area (Å²) in [5, 5.41) is 4.10. The maximum absolute atomic E-state index is 5.96. The molecule has 80 valence electrons. The van der Waals surface area contributed by atoms with Crippen LogP contribution >= 0.6 is 22.9 Å². The van der Waals surface area contributed by atoms with E-state index in [2.05, 4.69) is 40.4 Å². The number of aromatic nitrogens is 1. The third-order valence-corrected chi connectivity index (χ3v) is 3.74. The van der Waals surface area contributed by atoms with E-state index in [1.54, 1.807) is 11.3 Å². The predicted molar refractivity (Wildman–Crippen MR) is 70.4 cm³/mol. The number of benzene rings is 1. The predicted octanol–water partition coefficient (Wildman–Crippen LogP) is 4.40. The van der Waals surface area contributed by atoms with Crippen molar-refractivity contribution in [2.45, 2.75) is 6.54 Å². The highest BCUT2D eigenvalue weighted by atomic mass is 35.5. The molecule has 0 amide bonds. The van der Waals surface area contributed by atoms with Gasteiger partial charge < -0.3 is 4.57 Å². The molecule has 0 unspecified atom stereocenters. The van der Waals surface area contributed by atoms with Crippen molar-refractivity contribution in [2.24, 2.45) is 0 Å². The Bertz CT molecular complexity index is 610. The largest absolute Gasteiger partial charge is 0.342 e. The van der Waals surface area contributed by atoms with Crippen molar-refractivity contribution in [1.82, 2.24) is 4.57 Å². The van der Waals surface area contributed by atoms with Gasteiger partial charge in [0.2, 0.25) is 0 Å². The lowest BCUT2D eigenvalue weighted by Gasteiger charge is -2.03. The summed E-state index contributed by atoms with van der Waals surface area (Å²) in [4.78, 5) is 1.37. The number of halogens is 1. The van der Waals surface area contributed by atoms with Crippen molar-refractivity contribution >= 4 is 33.8 Å². The number of thiophene rings is 1. The first-order valence-corrected chi connectivity index (χ1v) is 6.35. The molecule has 0 bridgehead atoms. The Morgan fingerprint density at radius 2 is 2.12 bits per heavy atom. The van der Waals surface area contributed by atoms with Gasteiger partial charge in [0.05, 0.1) is 6.54 Å². The second-order valence-corrected chi connectivity index (χ2v) is 5.19. The van der Waals surface area contributed by atoms with Crippen LogP contribution in [-0.2, 0) is 6.54 Å². The fraction of sp³-hybridized carbons (Fsp3) is 0.0769. The zero-order valence-corrected chi connectivity index (χ0v) is 10.1. The lowest BCUT2D eigenvalue weighted by atomic mass is 10.2. The third kappa shape index (κ3) is 1.75. The normalized spacial score (nSPS) is 11.1. The van der Waals surface area contributed by atoms with Crippen LogP contribution in [0.2, 0.25) is 5.02 Å². The van der Waals surface area contributed by atoms with Crippen LogP contribution in [0.4, 0.5) is 0 Å². The topological polar surface area (TPSA) is 4.93 Å². The maximum Gasteiger partial charge on any atom is 0.0569 e. The first kappa shape index (κ1) is 9.94. The molecule has 0 radical (unpaired) electrons. The molecule has 2 aromatic heterocycles. The molecule has 3 aromatic rings. The van der Waals surface area contributed by atoms with Gasteiger partial charge in [-0.1, -0.05) is 17.7 Å². The van der Waals surface area contributed by atoms with Crippen LogP contribution < -0.4 is 0 Å². The summed E-state index contributed by atoms with van der Waals surface area (Å²) in [6.45, 7) is 0.933. The Labute approximate surface area is 103 Å². The van der Waals surface area contributed by atoms with E-state index in [0.717, 1.165) is 11.6 Å². The van der Waals surface area contributed by atoms with Gasteiger partial charge in [0.25, 0.3) is 0 Å². The van der Waals surface area contributed by atoms with Crippen molar-refractivity contribution < 1.29 is 0 Å². The molecule has 0 atom stereocenters. The van der Waals surface area contributed by atoms with Gasteiger partial charge >= 0.3 is 0 Å². The van der Waals surface area contributed by atoms with Crippen LogP contribution in [0.3, 0.4) is 0 Å². The molecule has 0 saturated carbocycles. The fourth-order valence-electron chi connectivity index (χ4n) is 1.88. The first-order chi connectivity index (χ1) is 7.83. The quantitative estimate of drug-likeness (QED) is 0.632. The second kappa shape index (κ2) is 3.96. The molecule has 0 aliphatic carbocycles. The van der Waals surface area contributed by atoms with Crippen molar-refractivity contribution in [3.8, 4) is 0 Å². The summed E-state index contributed by atoms with van der Waals surface area (Å²) in [5.74, 6) is 0. The Morgan fingerprint density at radius 1 is 1.19 bits per heavy atom. The summed E-state index contributed by atoms with van der Waals surface area (Å²) in [6.07, 6.45) is 2.11. The highest BCUT2D eigenvalue weighted by Crippen LogP contribution is 2.22. The second-order valence-electron chi connectivity index (χ2n) is 3.73. The van der Waals surface area contributed by atoms with Crippen LogP contribution in [0.25, 0.3) is 10.9 Å². The highest BCUT2D eigenvalue weighted by molar-refractivity contribution is 7.09. The molecular formula is C13H10ClNS. The zero-order chi connectivity index (χ0) is 11.0. The summed E-state index contributed by atoms with van der Waals surface area (Å²) >= 11 is 7.75. The van der Waals surface area contributed by atoms with E-state index in [-0.39, 0.29) is 0 Å². The summed E-state index contributed by atoms with van der Waals surface area (Å²) in [6, 6.07) is 12.4. The van der Waals surface area contributed by atoms with E-state index >= 15 is 0 Å². The number of hydrogen-bond donors (Lipinski definition) is 0. The van der Waals surface area contributed by atoms with Gasteiger partial charge in [0, 0.05) is 27.0 Å². The fourth-order valence-corrected chi connectivity index (χ4v) is 2.76. The molecule has 0 aliphatic heterocycles. The average molecular weight is 248 g/mol. The first-order valence-electron chi connectivity index (χ1n) is 5.10. The van der Waals surface area contributed by atoms with Crippen LogP contribution in [-0.4, -0.2) is 4.57 Å². The van der Waals surface area contributed by atoms with Gasteiger partial charge in [-0.05, 0) is 35.7 Å². The van der Waals surface area contributed by atoms with Gasteiger partial charge in [0.15, 0.2) is 0 Å². The minimum Gasteiger partial charge on any atom is -0.342 e. The van der Waals surface area contributed by atoms with Gasteiger partial charge in [-0.25, -0.2) is 0 Å². The van der Waals surface area contributed by atoms with Crippen LogP contribution in [0.1, 0.15) is 4.88 Å². The smallest absolute Gasteiger partial charge is 0.0569 e. The van der Waals surface area contributed by atoms with E-state index in [9.17, 15) is 0 Å². The molecule has 3 heteroatoms. The molecule has 0 spiro atoms. The number of hydrogen-bond acceptors (Lipinski definition) is 1. The van der Waals surface area contributed by atoms with Gasteiger partial charge in [-0.15, -0.1) is 11.3 Å². The summed E-state index contributed by atoms with van der Waals surface area (Å²) < 4.78 is 2.25.